The number of anilines is 1. The molecular weight excluding hydrogens is 381 g/mol. The maximum atomic E-state index is 11.3. The van der Waals surface area contributed by atoms with Crippen LogP contribution in [0.5, 0.6) is 0 Å². The normalized spacial score (nSPS) is 19.0. The summed E-state index contributed by atoms with van der Waals surface area (Å²) < 4.78 is 0. The van der Waals surface area contributed by atoms with E-state index in [2.05, 4.69) is 10.2 Å². The molecule has 4 nitrogen and oxygen atoms in total. The lowest BCUT2D eigenvalue weighted by molar-refractivity contribution is 0.100. The van der Waals surface area contributed by atoms with Crippen LogP contribution in [0.4, 0.5) is 5.69 Å². The van der Waals surface area contributed by atoms with E-state index in [0.717, 1.165) is 30.6 Å². The number of hydrogen-bond donors (Lipinski definition) is 2. The van der Waals surface area contributed by atoms with Crippen molar-refractivity contribution in [1.82, 2.24) is 5.32 Å². The van der Waals surface area contributed by atoms with Crippen molar-refractivity contribution in [3.05, 3.63) is 28.8 Å². The van der Waals surface area contributed by atoms with Crippen LogP contribution in [0.3, 0.4) is 0 Å². The van der Waals surface area contributed by atoms with Crippen LogP contribution in [0.25, 0.3) is 0 Å². The molecule has 0 saturated carbocycles. The zero-order chi connectivity index (χ0) is 16.2. The average Bonchev–Trinajstić information content (AvgIpc) is 2.56. The van der Waals surface area contributed by atoms with Crippen LogP contribution in [-0.2, 0) is 0 Å². The first kappa shape index (κ1) is 22.4. The summed E-state index contributed by atoms with van der Waals surface area (Å²) in [5.41, 5.74) is 6.81. The van der Waals surface area contributed by atoms with Crippen molar-refractivity contribution in [2.24, 2.45) is 17.6 Å². The van der Waals surface area contributed by atoms with E-state index in [4.69, 9.17) is 17.3 Å². The van der Waals surface area contributed by atoms with E-state index in [-0.39, 0.29) is 24.8 Å². The highest BCUT2D eigenvalue weighted by atomic mass is 35.5. The fourth-order valence-electron chi connectivity index (χ4n) is 3.92. The topological polar surface area (TPSA) is 58.4 Å². The number of nitrogens with zero attached hydrogens (tertiary/aromatic N) is 1. The minimum absolute atomic E-state index is 0. The summed E-state index contributed by atoms with van der Waals surface area (Å²) in [6, 6.07) is 5.56. The Kier molecular flexibility index (Phi) is 9.36. The number of nitrogens with two attached hydrogens (primary N) is 1. The third-order valence-electron chi connectivity index (χ3n) is 5.32. The van der Waals surface area contributed by atoms with Crippen molar-refractivity contribution < 1.29 is 4.79 Å². The Morgan fingerprint density at radius 2 is 1.72 bits per heavy atom. The molecule has 2 heterocycles. The molecule has 0 aliphatic carbocycles. The summed E-state index contributed by atoms with van der Waals surface area (Å²) in [5, 5.41) is 3.90. The molecule has 2 saturated heterocycles. The number of benzene rings is 1. The predicted octanol–water partition coefficient (Wildman–Crippen LogP) is 3.89. The largest absolute Gasteiger partial charge is 0.371 e. The summed E-state index contributed by atoms with van der Waals surface area (Å²) in [4.78, 5) is 13.6. The van der Waals surface area contributed by atoms with Gasteiger partial charge < -0.3 is 16.0 Å². The second-order valence-electron chi connectivity index (χ2n) is 6.89. The van der Waals surface area contributed by atoms with Gasteiger partial charge in [0.1, 0.15) is 0 Å². The number of carbonyl (C=O) groups is 1. The lowest BCUT2D eigenvalue weighted by atomic mass is 9.83. The molecule has 7 heteroatoms. The molecule has 0 unspecified atom stereocenters. The Morgan fingerprint density at radius 3 is 2.28 bits per heavy atom. The lowest BCUT2D eigenvalue weighted by Crippen LogP contribution is -2.35. The first-order valence-corrected chi connectivity index (χ1v) is 9.06. The molecule has 142 valence electrons. The number of piperidine rings is 2. The van der Waals surface area contributed by atoms with Gasteiger partial charge in [-0.15, -0.1) is 24.8 Å². The quantitative estimate of drug-likeness (QED) is 0.794. The molecule has 0 aromatic heterocycles. The summed E-state index contributed by atoms with van der Waals surface area (Å²) in [5.74, 6) is 1.30. The Bertz CT molecular complexity index is 556. The van der Waals surface area contributed by atoms with Gasteiger partial charge >= 0.3 is 0 Å². The van der Waals surface area contributed by atoms with Gasteiger partial charge in [-0.3, -0.25) is 4.79 Å². The van der Waals surface area contributed by atoms with Crippen LogP contribution in [0.1, 0.15) is 42.5 Å². The molecule has 2 fully saturated rings. The monoisotopic (exact) mass is 407 g/mol. The van der Waals surface area contributed by atoms with Gasteiger partial charge in [0.15, 0.2) is 0 Å². The van der Waals surface area contributed by atoms with Crippen LogP contribution in [-0.4, -0.2) is 32.1 Å². The van der Waals surface area contributed by atoms with E-state index in [1.54, 1.807) is 6.07 Å². The van der Waals surface area contributed by atoms with Crippen LogP contribution < -0.4 is 16.0 Å². The summed E-state index contributed by atoms with van der Waals surface area (Å²) in [6.45, 7) is 4.52. The van der Waals surface area contributed by atoms with Crippen molar-refractivity contribution in [2.45, 2.75) is 32.1 Å². The molecule has 0 bridgehead atoms. The van der Waals surface area contributed by atoms with Crippen LogP contribution in [0, 0.1) is 11.8 Å². The van der Waals surface area contributed by atoms with E-state index >= 15 is 0 Å². The third-order valence-corrected chi connectivity index (χ3v) is 5.64. The Labute approximate surface area is 167 Å². The number of carbonyl (C=O) groups excluding carboxylic acids is 1. The van der Waals surface area contributed by atoms with Crippen LogP contribution in [0.15, 0.2) is 18.2 Å². The molecule has 3 N–H and O–H groups in total. The van der Waals surface area contributed by atoms with Crippen molar-refractivity contribution in [1.29, 1.82) is 0 Å². The van der Waals surface area contributed by atoms with E-state index < -0.39 is 5.91 Å². The first-order valence-electron chi connectivity index (χ1n) is 8.68. The average molecular weight is 409 g/mol. The standard InChI is InChI=1S/C18H26ClN3O.2ClH/c19-17-12-15(1-2-16(17)18(20)23)22-9-5-14(6-10-22)11-13-3-7-21-8-4-13;;/h1-2,12-14,21H,3-11H2,(H2,20,23);2*1H. The maximum Gasteiger partial charge on any atom is 0.250 e. The van der Waals surface area contributed by atoms with E-state index in [1.165, 1.54) is 45.2 Å². The molecule has 0 spiro atoms. The van der Waals surface area contributed by atoms with Crippen molar-refractivity contribution in [3.63, 3.8) is 0 Å². The molecular formula is C18H28Cl3N3O. The van der Waals surface area contributed by atoms with Gasteiger partial charge in [-0.25, -0.2) is 0 Å². The molecule has 2 aliphatic rings. The molecule has 0 radical (unpaired) electrons. The Morgan fingerprint density at radius 1 is 1.12 bits per heavy atom. The number of amides is 1. The Balaban J connectivity index is 0.00000156. The van der Waals surface area contributed by atoms with E-state index in [9.17, 15) is 4.79 Å². The van der Waals surface area contributed by atoms with Crippen molar-refractivity contribution in [2.75, 3.05) is 31.1 Å². The summed E-state index contributed by atoms with van der Waals surface area (Å²) >= 11 is 6.17. The minimum atomic E-state index is -0.470. The number of halogens is 3. The highest BCUT2D eigenvalue weighted by molar-refractivity contribution is 6.34. The Hall–Kier alpha value is -0.680. The van der Waals surface area contributed by atoms with Gasteiger partial charge in [0.25, 0.3) is 0 Å². The highest BCUT2D eigenvalue weighted by Crippen LogP contribution is 2.31. The second-order valence-corrected chi connectivity index (χ2v) is 7.30. The number of nitrogens with one attached hydrogen (secondary N) is 1. The number of primary amides is 1. The van der Waals surface area contributed by atoms with Gasteiger partial charge in [0.2, 0.25) is 5.91 Å². The third kappa shape index (κ3) is 5.92. The van der Waals surface area contributed by atoms with E-state index in [0.29, 0.717) is 10.6 Å². The molecule has 3 rings (SSSR count). The van der Waals surface area contributed by atoms with Crippen molar-refractivity contribution >= 4 is 48.0 Å². The number of hydrogen-bond acceptors (Lipinski definition) is 3. The van der Waals surface area contributed by atoms with Crippen LogP contribution >= 0.6 is 36.4 Å². The molecule has 1 amide bonds. The summed E-state index contributed by atoms with van der Waals surface area (Å²) in [6.07, 6.45) is 6.56. The van der Waals surface area contributed by atoms with Gasteiger partial charge in [0, 0.05) is 18.8 Å². The molecule has 0 atom stereocenters. The fourth-order valence-corrected chi connectivity index (χ4v) is 4.18. The zero-order valence-corrected chi connectivity index (χ0v) is 16.8. The zero-order valence-electron chi connectivity index (χ0n) is 14.4. The van der Waals surface area contributed by atoms with Gasteiger partial charge in [-0.1, -0.05) is 11.6 Å². The minimum Gasteiger partial charge on any atom is -0.371 e. The number of rotatable bonds is 4. The summed E-state index contributed by atoms with van der Waals surface area (Å²) in [7, 11) is 0. The predicted molar refractivity (Wildman–Crippen MR) is 110 cm³/mol. The fraction of sp³-hybridized carbons (Fsp3) is 0.611. The second kappa shape index (κ2) is 10.5. The molecule has 2 aliphatic heterocycles. The van der Waals surface area contributed by atoms with Gasteiger partial charge in [0.05, 0.1) is 10.6 Å². The van der Waals surface area contributed by atoms with Crippen molar-refractivity contribution in [3.8, 4) is 0 Å². The van der Waals surface area contributed by atoms with Gasteiger partial charge in [-0.05, 0) is 75.2 Å². The first-order chi connectivity index (χ1) is 11.1. The van der Waals surface area contributed by atoms with E-state index in [1.807, 2.05) is 12.1 Å². The maximum absolute atomic E-state index is 11.3. The van der Waals surface area contributed by atoms with Gasteiger partial charge in [-0.2, -0.15) is 0 Å². The highest BCUT2D eigenvalue weighted by Gasteiger charge is 2.24. The van der Waals surface area contributed by atoms with Crippen LogP contribution in [0.2, 0.25) is 5.02 Å². The smallest absolute Gasteiger partial charge is 0.250 e. The molecule has 1 aromatic carbocycles. The SMILES string of the molecule is Cl.Cl.NC(=O)c1ccc(N2CCC(CC3CCNCC3)CC2)cc1Cl. The lowest BCUT2D eigenvalue weighted by Gasteiger charge is -2.36. The molecule has 1 aromatic rings. The molecule has 25 heavy (non-hydrogen) atoms.